The van der Waals surface area contributed by atoms with Gasteiger partial charge in [0.25, 0.3) is 5.91 Å². The first-order valence-electron chi connectivity index (χ1n) is 9.24. The number of aliphatic imine (C=N–C) groups is 1. The van der Waals surface area contributed by atoms with Gasteiger partial charge in [-0.3, -0.25) is 9.79 Å². The maximum atomic E-state index is 15.1. The van der Waals surface area contributed by atoms with Crippen LogP contribution < -0.4 is 11.1 Å². The lowest BCUT2D eigenvalue weighted by Gasteiger charge is -2.13. The molecule has 0 aliphatic carbocycles. The first kappa shape index (κ1) is 22.8. The fourth-order valence-electron chi connectivity index (χ4n) is 2.98. The normalized spacial score (nSPS) is 12.5. The average Bonchev–Trinajstić information content (AvgIpc) is 2.74. The third-order valence-electron chi connectivity index (χ3n) is 4.63. The van der Waals surface area contributed by atoms with Gasteiger partial charge >= 0.3 is 6.18 Å². The molecule has 0 aliphatic heterocycles. The molecule has 1 amide bonds. The van der Waals surface area contributed by atoms with Crippen LogP contribution in [-0.4, -0.2) is 33.6 Å². The van der Waals surface area contributed by atoms with Gasteiger partial charge in [-0.2, -0.15) is 13.2 Å². The fourth-order valence-corrected chi connectivity index (χ4v) is 2.98. The van der Waals surface area contributed by atoms with E-state index in [-0.39, 0.29) is 44.9 Å². The van der Waals surface area contributed by atoms with Gasteiger partial charge in [0.1, 0.15) is 22.7 Å². The molecule has 1 aromatic carbocycles. The Morgan fingerprint density at radius 2 is 1.94 bits per heavy atom. The number of hydrogen-bond donors (Lipinski definition) is 2. The van der Waals surface area contributed by atoms with Crippen molar-refractivity contribution < 1.29 is 22.4 Å². The minimum absolute atomic E-state index is 0.0212. The van der Waals surface area contributed by atoms with Crippen molar-refractivity contribution >= 4 is 28.3 Å². The Kier molecular flexibility index (Phi) is 6.19. The van der Waals surface area contributed by atoms with Gasteiger partial charge in [0.05, 0.1) is 17.3 Å². The lowest BCUT2D eigenvalue weighted by atomic mass is 10.1. The molecule has 0 spiro atoms. The quantitative estimate of drug-likeness (QED) is 0.466. The van der Waals surface area contributed by atoms with Crippen LogP contribution in [0.15, 0.2) is 41.7 Å². The summed E-state index contributed by atoms with van der Waals surface area (Å²) in [4.78, 5) is 27.8. The van der Waals surface area contributed by atoms with E-state index in [4.69, 9.17) is 5.73 Å². The number of amides is 1. The zero-order valence-electron chi connectivity index (χ0n) is 17.3. The summed E-state index contributed by atoms with van der Waals surface area (Å²) in [5, 5.41) is 2.55. The number of alkyl halides is 3. The maximum Gasteiger partial charge on any atom is 0.433 e. The van der Waals surface area contributed by atoms with Crippen LogP contribution in [0.5, 0.6) is 0 Å². The number of anilines is 1. The molecule has 0 saturated heterocycles. The molecule has 3 N–H and O–H groups in total. The van der Waals surface area contributed by atoms with Gasteiger partial charge in [-0.15, -0.1) is 0 Å². The molecule has 3 aromatic rings. The minimum atomic E-state index is -4.61. The number of benzene rings is 1. The number of pyridine rings is 1. The lowest BCUT2D eigenvalue weighted by molar-refractivity contribution is -0.141. The van der Waals surface area contributed by atoms with Crippen molar-refractivity contribution in [2.24, 2.45) is 10.7 Å². The Hall–Kier alpha value is -3.89. The van der Waals surface area contributed by atoms with E-state index in [9.17, 15) is 18.0 Å². The van der Waals surface area contributed by atoms with Gasteiger partial charge in [-0.25, -0.2) is 19.3 Å². The zero-order valence-corrected chi connectivity index (χ0v) is 17.3. The zero-order chi connectivity index (χ0) is 23.6. The van der Waals surface area contributed by atoms with E-state index < -0.39 is 23.6 Å². The molecular formula is C21H18F4N6O. The van der Waals surface area contributed by atoms with E-state index in [1.807, 2.05) is 0 Å². The topological polar surface area (TPSA) is 106 Å². The van der Waals surface area contributed by atoms with Crippen LogP contribution in [0, 0.1) is 19.7 Å². The molecule has 0 fully saturated rings. The van der Waals surface area contributed by atoms with E-state index in [0.29, 0.717) is 0 Å². The van der Waals surface area contributed by atoms with Crippen molar-refractivity contribution in [1.29, 1.82) is 0 Å². The highest BCUT2D eigenvalue weighted by atomic mass is 19.4. The summed E-state index contributed by atoms with van der Waals surface area (Å²) in [7, 11) is 1.41. The number of fused-ring (bicyclic) bond motifs is 1. The Morgan fingerprint density at radius 1 is 1.22 bits per heavy atom. The van der Waals surface area contributed by atoms with Gasteiger partial charge < -0.3 is 11.1 Å². The number of aryl methyl sites for hydroxylation is 1. The standard InChI is InChI=1S/C21H18F4N6O/c1-10-8-16(21(23,24)25)29-15-9-28-19(31-18(10)15)12-4-5-13(11(2)17(12)22)30-20(32)14(27-3)6-7-26/h4-9H,26H2,1-3H3,(H,30,32)/b7-6-,27-14?. The monoisotopic (exact) mass is 446 g/mol. The van der Waals surface area contributed by atoms with Crippen molar-refractivity contribution in [3.8, 4) is 11.4 Å². The Labute approximate surface area is 180 Å². The van der Waals surface area contributed by atoms with Gasteiger partial charge in [-0.1, -0.05) is 0 Å². The fraction of sp³-hybridized carbons (Fsp3) is 0.190. The van der Waals surface area contributed by atoms with Crippen molar-refractivity contribution in [3.63, 3.8) is 0 Å². The number of nitrogens with one attached hydrogen (secondary N) is 1. The van der Waals surface area contributed by atoms with Crippen LogP contribution >= 0.6 is 0 Å². The molecular weight excluding hydrogens is 428 g/mol. The molecule has 7 nitrogen and oxygen atoms in total. The van der Waals surface area contributed by atoms with Crippen molar-refractivity contribution in [3.05, 3.63) is 59.3 Å². The summed E-state index contributed by atoms with van der Waals surface area (Å²) in [6, 6.07) is 3.71. The highest BCUT2D eigenvalue weighted by molar-refractivity contribution is 6.47. The van der Waals surface area contributed by atoms with Gasteiger partial charge in [-0.05, 0) is 49.9 Å². The van der Waals surface area contributed by atoms with Crippen LogP contribution in [0.3, 0.4) is 0 Å². The number of carbonyl (C=O) groups is 1. The molecule has 0 saturated carbocycles. The summed E-state index contributed by atoms with van der Waals surface area (Å²) >= 11 is 0. The van der Waals surface area contributed by atoms with E-state index in [0.717, 1.165) is 18.5 Å². The molecule has 0 radical (unpaired) electrons. The number of rotatable bonds is 4. The second-order valence-corrected chi connectivity index (χ2v) is 6.77. The minimum Gasteiger partial charge on any atom is -0.405 e. The largest absolute Gasteiger partial charge is 0.433 e. The van der Waals surface area contributed by atoms with Crippen LogP contribution in [0.4, 0.5) is 23.2 Å². The number of nitrogens with zero attached hydrogens (tertiary/aromatic N) is 4. The van der Waals surface area contributed by atoms with Gasteiger partial charge in [0.15, 0.2) is 5.82 Å². The number of carbonyl (C=O) groups excluding carboxylic acids is 1. The molecule has 2 aromatic heterocycles. The predicted molar refractivity (Wildman–Crippen MR) is 113 cm³/mol. The van der Waals surface area contributed by atoms with E-state index >= 15 is 4.39 Å². The summed E-state index contributed by atoms with van der Waals surface area (Å²) in [6.07, 6.45) is -1.03. The lowest BCUT2D eigenvalue weighted by Crippen LogP contribution is -2.22. The third kappa shape index (κ3) is 4.41. The second kappa shape index (κ2) is 8.69. The van der Waals surface area contributed by atoms with Crippen LogP contribution in [0.25, 0.3) is 22.4 Å². The van der Waals surface area contributed by atoms with E-state index in [2.05, 4.69) is 25.3 Å². The van der Waals surface area contributed by atoms with E-state index in [1.54, 1.807) is 0 Å². The van der Waals surface area contributed by atoms with Crippen LogP contribution in [0.1, 0.15) is 16.8 Å². The Bertz CT molecular complexity index is 1270. The highest BCUT2D eigenvalue weighted by Gasteiger charge is 2.33. The number of hydrogen-bond acceptors (Lipinski definition) is 6. The summed E-state index contributed by atoms with van der Waals surface area (Å²) in [5.74, 6) is -1.29. The van der Waals surface area contributed by atoms with E-state index in [1.165, 1.54) is 39.1 Å². The molecule has 0 aliphatic rings. The smallest absolute Gasteiger partial charge is 0.405 e. The summed E-state index contributed by atoms with van der Waals surface area (Å²) < 4.78 is 54.0. The van der Waals surface area contributed by atoms with Gasteiger partial charge in [0.2, 0.25) is 0 Å². The van der Waals surface area contributed by atoms with Crippen molar-refractivity contribution in [2.75, 3.05) is 12.4 Å². The second-order valence-electron chi connectivity index (χ2n) is 6.77. The molecule has 0 atom stereocenters. The Balaban J connectivity index is 2.01. The Morgan fingerprint density at radius 3 is 2.56 bits per heavy atom. The van der Waals surface area contributed by atoms with Crippen LogP contribution in [-0.2, 0) is 11.0 Å². The highest BCUT2D eigenvalue weighted by Crippen LogP contribution is 2.32. The molecule has 0 unspecified atom stereocenters. The molecule has 3 rings (SSSR count). The summed E-state index contributed by atoms with van der Waals surface area (Å²) in [5.41, 5.74) is 4.97. The first-order valence-corrected chi connectivity index (χ1v) is 9.24. The van der Waals surface area contributed by atoms with Crippen molar-refractivity contribution in [1.82, 2.24) is 15.0 Å². The maximum absolute atomic E-state index is 15.1. The summed E-state index contributed by atoms with van der Waals surface area (Å²) in [6.45, 7) is 2.92. The molecule has 11 heteroatoms. The molecule has 32 heavy (non-hydrogen) atoms. The SMILES string of the molecule is CN=C(/C=C\N)C(=O)Nc1ccc(-c2ncc3nc(C(F)(F)F)cc(C)c3n2)c(F)c1C. The molecule has 0 bridgehead atoms. The molecule has 2 heterocycles. The van der Waals surface area contributed by atoms with Crippen molar-refractivity contribution in [2.45, 2.75) is 20.0 Å². The number of halogens is 4. The first-order chi connectivity index (χ1) is 15.1. The number of nitrogens with two attached hydrogens (primary N) is 1. The predicted octanol–water partition coefficient (Wildman–Crippen LogP) is 3.95. The molecule has 166 valence electrons. The average molecular weight is 446 g/mol. The number of aromatic nitrogens is 3. The van der Waals surface area contributed by atoms with Crippen LogP contribution in [0.2, 0.25) is 0 Å². The third-order valence-corrected chi connectivity index (χ3v) is 4.63. The van der Waals surface area contributed by atoms with Gasteiger partial charge in [0, 0.05) is 18.3 Å².